The van der Waals surface area contributed by atoms with E-state index in [-0.39, 0.29) is 0 Å². The maximum absolute atomic E-state index is 2.63. The molecule has 172 valence electrons. The summed E-state index contributed by atoms with van der Waals surface area (Å²) in [5.41, 5.74) is 0. The van der Waals surface area contributed by atoms with E-state index in [1.54, 1.807) is 89.9 Å². The lowest BCUT2D eigenvalue weighted by Crippen LogP contribution is -2.36. The number of fused-ring (bicyclic) bond motifs is 3. The third-order valence-corrected chi connectivity index (χ3v) is 11.8. The van der Waals surface area contributed by atoms with E-state index < -0.39 is 0 Å². The highest BCUT2D eigenvalue weighted by molar-refractivity contribution is 4.98. The van der Waals surface area contributed by atoms with Crippen LogP contribution in [0.15, 0.2) is 0 Å². The summed E-state index contributed by atoms with van der Waals surface area (Å²) in [6.45, 7) is 5.11. The molecule has 10 unspecified atom stereocenters. The van der Waals surface area contributed by atoms with Crippen molar-refractivity contribution in [3.63, 3.8) is 0 Å². The molecule has 0 heteroatoms. The van der Waals surface area contributed by atoms with Gasteiger partial charge in [0.25, 0.3) is 0 Å². The fourth-order valence-electron chi connectivity index (χ4n) is 10.3. The van der Waals surface area contributed by atoms with E-state index in [2.05, 4.69) is 13.8 Å². The van der Waals surface area contributed by atoms with Gasteiger partial charge in [-0.1, -0.05) is 97.3 Å². The van der Waals surface area contributed by atoms with E-state index in [9.17, 15) is 0 Å². The Morgan fingerprint density at radius 3 is 1.57 bits per heavy atom. The van der Waals surface area contributed by atoms with Crippen molar-refractivity contribution in [2.24, 2.45) is 59.2 Å². The van der Waals surface area contributed by atoms with Gasteiger partial charge in [-0.2, -0.15) is 0 Å². The minimum absolute atomic E-state index is 1.05. The molecule has 0 radical (unpaired) electrons. The first-order valence-corrected chi connectivity index (χ1v) is 14.7. The molecule has 0 aromatic heterocycles. The van der Waals surface area contributed by atoms with Gasteiger partial charge in [-0.3, -0.25) is 0 Å². The largest absolute Gasteiger partial charge is 0.0622 e. The second kappa shape index (κ2) is 9.87. The maximum atomic E-state index is 2.63. The molecule has 0 saturated heterocycles. The Bertz CT molecular complexity index is 532. The van der Waals surface area contributed by atoms with Crippen molar-refractivity contribution in [2.75, 3.05) is 0 Å². The summed E-state index contributed by atoms with van der Waals surface area (Å²) in [5.74, 6) is 11.2. The second-order valence-corrected chi connectivity index (χ2v) is 13.0. The van der Waals surface area contributed by atoms with E-state index in [1.807, 2.05) is 0 Å². The topological polar surface area (TPSA) is 0 Å². The third kappa shape index (κ3) is 4.41. The zero-order valence-electron chi connectivity index (χ0n) is 20.5. The Labute approximate surface area is 188 Å². The number of hydrogen-bond acceptors (Lipinski definition) is 0. The van der Waals surface area contributed by atoms with Crippen LogP contribution in [0, 0.1) is 59.2 Å². The molecule has 6 aliphatic carbocycles. The normalized spacial score (nSPS) is 50.6. The van der Waals surface area contributed by atoms with Gasteiger partial charge in [-0.15, -0.1) is 0 Å². The lowest BCUT2D eigenvalue weighted by molar-refractivity contribution is 0.0476. The van der Waals surface area contributed by atoms with Gasteiger partial charge in [0, 0.05) is 0 Å². The predicted octanol–water partition coefficient (Wildman–Crippen LogP) is 9.28. The summed E-state index contributed by atoms with van der Waals surface area (Å²) in [7, 11) is 0. The van der Waals surface area contributed by atoms with Crippen LogP contribution in [0.4, 0.5) is 0 Å². The molecule has 0 heterocycles. The molecular weight excluding hydrogens is 360 g/mol. The van der Waals surface area contributed by atoms with Crippen LogP contribution in [0.25, 0.3) is 0 Å². The average molecular weight is 413 g/mol. The highest BCUT2D eigenvalue weighted by Gasteiger charge is 2.49. The van der Waals surface area contributed by atoms with Crippen molar-refractivity contribution < 1.29 is 0 Å². The molecule has 6 rings (SSSR count). The third-order valence-electron chi connectivity index (χ3n) is 11.8. The molecule has 6 aliphatic rings. The standard InChI is InChI=1S/C19H32.C11H20/c1-13-16-10-5-8-15(16)12-19(13)18-11-4-7-14-6-2-3-9-17(14)18;1-9-5-4-7-10-6-2-3-8-11(9)10/h13-19H,2-12H2,1H3;9-11H,2-8H2,1H3. The van der Waals surface area contributed by atoms with Crippen LogP contribution in [0.5, 0.6) is 0 Å². The molecule has 0 bridgehead atoms. The SMILES string of the molecule is CC1C2CCCC2CC1C1CCCC2CCCCC21.CC1CCCC2CCCCC12. The highest BCUT2D eigenvalue weighted by atomic mass is 14.5. The molecule has 0 N–H and O–H groups in total. The summed E-state index contributed by atoms with van der Waals surface area (Å²) in [5, 5.41) is 0. The van der Waals surface area contributed by atoms with Crippen molar-refractivity contribution in [2.45, 2.75) is 129 Å². The molecule has 0 aliphatic heterocycles. The Kier molecular flexibility index (Phi) is 7.18. The van der Waals surface area contributed by atoms with E-state index in [1.165, 1.54) is 25.7 Å². The van der Waals surface area contributed by atoms with E-state index in [4.69, 9.17) is 0 Å². The smallest absolute Gasteiger partial charge is 0.0352 e. The summed E-state index contributed by atoms with van der Waals surface area (Å²) in [6.07, 6.45) is 28.0. The van der Waals surface area contributed by atoms with Gasteiger partial charge < -0.3 is 0 Å². The molecule has 0 nitrogen and oxygen atoms in total. The van der Waals surface area contributed by atoms with Gasteiger partial charge in [0.2, 0.25) is 0 Å². The summed E-state index contributed by atoms with van der Waals surface area (Å²) in [4.78, 5) is 0. The van der Waals surface area contributed by atoms with Gasteiger partial charge in [0.15, 0.2) is 0 Å². The van der Waals surface area contributed by atoms with Crippen LogP contribution in [0.2, 0.25) is 0 Å². The average Bonchev–Trinajstić information content (AvgIpc) is 3.37. The molecule has 10 atom stereocenters. The Balaban J connectivity index is 0.000000149. The van der Waals surface area contributed by atoms with Crippen LogP contribution >= 0.6 is 0 Å². The minimum Gasteiger partial charge on any atom is -0.0622 e. The van der Waals surface area contributed by atoms with Crippen LogP contribution in [-0.2, 0) is 0 Å². The van der Waals surface area contributed by atoms with E-state index in [0.29, 0.717) is 0 Å². The van der Waals surface area contributed by atoms with Gasteiger partial charge >= 0.3 is 0 Å². The van der Waals surface area contributed by atoms with Gasteiger partial charge in [0.1, 0.15) is 0 Å². The molecule has 6 fully saturated rings. The lowest BCUT2D eigenvalue weighted by atomic mass is 9.60. The Morgan fingerprint density at radius 2 is 0.867 bits per heavy atom. The molecular formula is C30H52. The van der Waals surface area contributed by atoms with Crippen LogP contribution in [0.1, 0.15) is 129 Å². The summed E-state index contributed by atoms with van der Waals surface area (Å²) in [6, 6.07) is 0. The molecule has 30 heavy (non-hydrogen) atoms. The zero-order chi connectivity index (χ0) is 20.5. The predicted molar refractivity (Wildman–Crippen MR) is 129 cm³/mol. The van der Waals surface area contributed by atoms with Gasteiger partial charge in [-0.05, 0) is 91.3 Å². The van der Waals surface area contributed by atoms with Crippen LogP contribution in [0.3, 0.4) is 0 Å². The van der Waals surface area contributed by atoms with Gasteiger partial charge in [0.05, 0.1) is 0 Å². The fraction of sp³-hybridized carbons (Fsp3) is 1.00. The van der Waals surface area contributed by atoms with E-state index >= 15 is 0 Å². The first-order valence-electron chi connectivity index (χ1n) is 14.7. The minimum atomic E-state index is 1.05. The van der Waals surface area contributed by atoms with E-state index in [0.717, 1.165) is 59.2 Å². The zero-order valence-corrected chi connectivity index (χ0v) is 20.5. The van der Waals surface area contributed by atoms with Crippen molar-refractivity contribution in [1.82, 2.24) is 0 Å². The highest BCUT2D eigenvalue weighted by Crippen LogP contribution is 2.57. The number of rotatable bonds is 1. The first kappa shape index (κ1) is 21.8. The molecule has 0 aromatic rings. The molecule has 0 amide bonds. The maximum Gasteiger partial charge on any atom is -0.0352 e. The summed E-state index contributed by atoms with van der Waals surface area (Å²) < 4.78 is 0. The molecule has 0 spiro atoms. The van der Waals surface area contributed by atoms with Crippen molar-refractivity contribution >= 4 is 0 Å². The fourth-order valence-corrected chi connectivity index (χ4v) is 10.3. The lowest BCUT2D eigenvalue weighted by Gasteiger charge is -2.45. The van der Waals surface area contributed by atoms with Crippen molar-refractivity contribution in [3.05, 3.63) is 0 Å². The molecule has 6 saturated carbocycles. The van der Waals surface area contributed by atoms with Crippen LogP contribution < -0.4 is 0 Å². The van der Waals surface area contributed by atoms with Crippen molar-refractivity contribution in [3.8, 4) is 0 Å². The molecule has 0 aromatic carbocycles. The van der Waals surface area contributed by atoms with Crippen LogP contribution in [-0.4, -0.2) is 0 Å². The van der Waals surface area contributed by atoms with Gasteiger partial charge in [-0.25, -0.2) is 0 Å². The second-order valence-electron chi connectivity index (χ2n) is 13.0. The Morgan fingerprint density at radius 1 is 0.367 bits per heavy atom. The first-order chi connectivity index (χ1) is 14.7. The Hall–Kier alpha value is 0. The summed E-state index contributed by atoms with van der Waals surface area (Å²) >= 11 is 0. The monoisotopic (exact) mass is 412 g/mol. The number of hydrogen-bond donors (Lipinski definition) is 0. The quantitative estimate of drug-likeness (QED) is 0.402. The van der Waals surface area contributed by atoms with Crippen molar-refractivity contribution in [1.29, 1.82) is 0 Å².